The molecule has 0 saturated heterocycles. The number of rotatable bonds is 0. The van der Waals surface area contributed by atoms with Crippen LogP contribution in [-0.2, 0) is 54.3 Å². The summed E-state index contributed by atoms with van der Waals surface area (Å²) in [5.41, 5.74) is 0. The molecule has 20 valence electrons. The van der Waals surface area contributed by atoms with Crippen molar-refractivity contribution in [3.05, 3.63) is 0 Å². The molecule has 0 atom stereocenters. The second kappa shape index (κ2) is 19.2. The second-order valence-corrected chi connectivity index (χ2v) is 0. The standard InChI is InChI=1S/Cd.2S.Se/q+2;2*-2;+2. The van der Waals surface area contributed by atoms with Crippen molar-refractivity contribution in [3.63, 3.8) is 0 Å². The van der Waals surface area contributed by atoms with Crippen LogP contribution in [0.15, 0.2) is 0 Å². The normalized spacial score (nSPS) is 0. The molecular weight excluding hydrogens is 256 g/mol. The minimum atomic E-state index is 0. The SMILES string of the molecule is [Cd+2].[S-2].[S-2].[Se+2]. The van der Waals surface area contributed by atoms with Gasteiger partial charge in [0.1, 0.15) is 0 Å². The maximum absolute atomic E-state index is 0. The molecule has 0 bridgehead atoms. The summed E-state index contributed by atoms with van der Waals surface area (Å²) in [6.07, 6.45) is 0. The Labute approximate surface area is 70.6 Å². The molecular formula is CdS2Se. The molecule has 0 aromatic carbocycles. The van der Waals surface area contributed by atoms with Crippen molar-refractivity contribution in [1.82, 2.24) is 0 Å². The maximum atomic E-state index is 0. The maximum Gasteiger partial charge on any atom is 2.00 e. The van der Waals surface area contributed by atoms with Crippen molar-refractivity contribution in [2.75, 3.05) is 0 Å². The first kappa shape index (κ1) is 35.4. The molecule has 0 nitrogen and oxygen atoms in total. The Bertz CT molecular complexity index is 6.00. The van der Waals surface area contributed by atoms with Gasteiger partial charge in [-0.2, -0.15) is 0 Å². The van der Waals surface area contributed by atoms with Gasteiger partial charge in [-0.1, -0.05) is 0 Å². The minimum absolute atomic E-state index is 0. The van der Waals surface area contributed by atoms with Gasteiger partial charge in [-0.25, -0.2) is 0 Å². The molecule has 4 heteroatoms. The van der Waals surface area contributed by atoms with Crippen LogP contribution in [0.1, 0.15) is 0 Å². The predicted octanol–water partition coefficient (Wildman–Crippen LogP) is -0.388. The molecule has 0 aromatic heterocycles. The molecule has 0 heterocycles. The summed E-state index contributed by atoms with van der Waals surface area (Å²) in [6.45, 7) is 0. The van der Waals surface area contributed by atoms with E-state index >= 15 is 0 Å². The summed E-state index contributed by atoms with van der Waals surface area (Å²) in [7, 11) is 0. The summed E-state index contributed by atoms with van der Waals surface area (Å²) in [5.74, 6) is 0. The van der Waals surface area contributed by atoms with Gasteiger partial charge in [0.05, 0.1) is 0 Å². The van der Waals surface area contributed by atoms with Gasteiger partial charge in [0.15, 0.2) is 0 Å². The zero-order chi connectivity index (χ0) is 0. The summed E-state index contributed by atoms with van der Waals surface area (Å²) in [6, 6.07) is 0. The Morgan fingerprint density at radius 3 is 0.750 bits per heavy atom. The van der Waals surface area contributed by atoms with Crippen LogP contribution in [0.5, 0.6) is 0 Å². The Morgan fingerprint density at radius 1 is 0.750 bits per heavy atom. The minimum Gasteiger partial charge on any atom is -2.00 e. The number of hydrogen-bond acceptors (Lipinski definition) is 0. The fourth-order valence-corrected chi connectivity index (χ4v) is 0. The molecule has 0 aliphatic rings. The van der Waals surface area contributed by atoms with Crippen molar-refractivity contribution in [2.24, 2.45) is 0 Å². The van der Waals surface area contributed by atoms with Crippen LogP contribution in [0.4, 0.5) is 0 Å². The van der Waals surface area contributed by atoms with Gasteiger partial charge in [0, 0.05) is 0 Å². The predicted molar refractivity (Wildman–Crippen MR) is 20.5 cm³/mol. The Hall–Kier alpha value is 2.14. The van der Waals surface area contributed by atoms with Gasteiger partial charge in [0.2, 0.25) is 0 Å². The fourth-order valence-electron chi connectivity index (χ4n) is 0. The van der Waals surface area contributed by atoms with Gasteiger partial charge < -0.3 is 27.0 Å². The third-order valence-electron chi connectivity index (χ3n) is 0. The molecule has 0 spiro atoms. The molecule has 0 fully saturated rings. The van der Waals surface area contributed by atoms with Crippen molar-refractivity contribution in [1.29, 1.82) is 0 Å². The van der Waals surface area contributed by atoms with E-state index in [-0.39, 0.29) is 71.4 Å². The zero-order valence-electron chi connectivity index (χ0n) is 1.93. The van der Waals surface area contributed by atoms with E-state index in [9.17, 15) is 0 Å². The molecule has 0 unspecified atom stereocenters. The van der Waals surface area contributed by atoms with Crippen LogP contribution in [-0.4, -0.2) is 17.1 Å². The smallest absolute Gasteiger partial charge is 2.00 e. The van der Waals surface area contributed by atoms with Crippen molar-refractivity contribution < 1.29 is 27.3 Å². The van der Waals surface area contributed by atoms with Crippen molar-refractivity contribution in [2.45, 2.75) is 0 Å². The van der Waals surface area contributed by atoms with Gasteiger partial charge >= 0.3 is 44.4 Å². The topological polar surface area (TPSA) is 0 Å². The Morgan fingerprint density at radius 2 is 0.750 bits per heavy atom. The zero-order valence-corrected chi connectivity index (χ0v) is 9.31. The molecule has 0 N–H and O–H groups in total. The van der Waals surface area contributed by atoms with E-state index in [2.05, 4.69) is 0 Å². The van der Waals surface area contributed by atoms with E-state index in [0.29, 0.717) is 0 Å². The van der Waals surface area contributed by atoms with Crippen LogP contribution in [0, 0.1) is 0 Å². The molecule has 4 heavy (non-hydrogen) atoms. The molecule has 0 rings (SSSR count). The van der Waals surface area contributed by atoms with Gasteiger partial charge in [-0.3, -0.25) is 0 Å². The summed E-state index contributed by atoms with van der Waals surface area (Å²) < 4.78 is 0. The average molecular weight is 256 g/mol. The van der Waals surface area contributed by atoms with E-state index in [4.69, 9.17) is 0 Å². The van der Waals surface area contributed by atoms with Crippen molar-refractivity contribution >= 4 is 44.1 Å². The molecule has 0 saturated carbocycles. The van der Waals surface area contributed by atoms with Crippen molar-refractivity contribution in [3.8, 4) is 0 Å². The summed E-state index contributed by atoms with van der Waals surface area (Å²) in [4.78, 5) is 0. The first-order chi connectivity index (χ1) is 0. The van der Waals surface area contributed by atoms with Crippen LogP contribution in [0.25, 0.3) is 0 Å². The van der Waals surface area contributed by atoms with Crippen LogP contribution in [0.3, 0.4) is 0 Å². The van der Waals surface area contributed by atoms with E-state index in [1.54, 1.807) is 0 Å². The Kier molecular flexibility index (Phi) is 170. The molecule has 0 amide bonds. The van der Waals surface area contributed by atoms with Gasteiger partial charge in [-0.05, 0) is 0 Å². The molecule has 0 aliphatic heterocycles. The van der Waals surface area contributed by atoms with E-state index < -0.39 is 0 Å². The molecule has 4 radical (unpaired) electrons. The third kappa shape index (κ3) is 8.91. The average Bonchev–Trinajstić information content (AvgIpc) is 0. The monoisotopic (exact) mass is 258 g/mol. The first-order valence-electron chi connectivity index (χ1n) is 0. The number of hydrogen-bond donors (Lipinski definition) is 0. The van der Waals surface area contributed by atoms with Gasteiger partial charge in [-0.15, -0.1) is 0 Å². The quantitative estimate of drug-likeness (QED) is 0.517. The van der Waals surface area contributed by atoms with E-state index in [0.717, 1.165) is 0 Å². The summed E-state index contributed by atoms with van der Waals surface area (Å²) >= 11 is 0. The molecule has 0 aliphatic carbocycles. The largest absolute Gasteiger partial charge is 2.00 e. The third-order valence-corrected chi connectivity index (χ3v) is 0. The van der Waals surface area contributed by atoms with Crippen LogP contribution in [0.2, 0.25) is 0 Å². The summed E-state index contributed by atoms with van der Waals surface area (Å²) in [5, 5.41) is 0. The molecule has 0 aromatic rings. The second-order valence-electron chi connectivity index (χ2n) is 0. The fraction of sp³-hybridized carbons (Fsp3) is 0. The Balaban J connectivity index is 0. The van der Waals surface area contributed by atoms with Crippen LogP contribution < -0.4 is 0 Å². The van der Waals surface area contributed by atoms with Gasteiger partial charge in [0.25, 0.3) is 0 Å². The van der Waals surface area contributed by atoms with Crippen LogP contribution >= 0.6 is 0 Å². The van der Waals surface area contributed by atoms with E-state index in [1.165, 1.54) is 0 Å². The first-order valence-corrected chi connectivity index (χ1v) is 0. The van der Waals surface area contributed by atoms with E-state index in [1.807, 2.05) is 0 Å².